The average Bonchev–Trinajstić information content (AvgIpc) is 3.08. The molecule has 3 rings (SSSR count). The molecule has 0 atom stereocenters. The van der Waals surface area contributed by atoms with Gasteiger partial charge in [0.05, 0.1) is 6.54 Å². The Balaban J connectivity index is 1.63. The van der Waals surface area contributed by atoms with Gasteiger partial charge < -0.3 is 15.4 Å². The van der Waals surface area contributed by atoms with Gasteiger partial charge in [0.15, 0.2) is 5.96 Å². The van der Waals surface area contributed by atoms with Gasteiger partial charge in [0.25, 0.3) is 0 Å². The Labute approximate surface area is 154 Å². The fraction of sp³-hybridized carbons (Fsp3) is 0.450. The number of ether oxygens (including phenoxy) is 1. The molecule has 1 fully saturated rings. The normalized spacial score (nSPS) is 17.3. The molecule has 5 heteroatoms. The van der Waals surface area contributed by atoms with Crippen LogP contribution in [0, 0.1) is 6.92 Å². The molecule has 0 spiro atoms. The van der Waals surface area contributed by atoms with Crippen LogP contribution in [0.1, 0.15) is 28.2 Å². The van der Waals surface area contributed by atoms with Crippen LogP contribution in [0.2, 0.25) is 0 Å². The van der Waals surface area contributed by atoms with E-state index in [-0.39, 0.29) is 5.41 Å². The van der Waals surface area contributed by atoms with Crippen molar-refractivity contribution in [3.63, 3.8) is 0 Å². The van der Waals surface area contributed by atoms with Gasteiger partial charge in [0, 0.05) is 42.0 Å². The molecule has 0 amide bonds. The Kier molecular flexibility index (Phi) is 6.10. The SMILES string of the molecule is CN=C(NCc1ccc(C)s1)NCC1(c2ccccc2)CCOCC1. The van der Waals surface area contributed by atoms with Crippen molar-refractivity contribution in [3.05, 3.63) is 57.8 Å². The summed E-state index contributed by atoms with van der Waals surface area (Å²) in [5.41, 5.74) is 1.49. The molecule has 2 N–H and O–H groups in total. The first-order chi connectivity index (χ1) is 12.2. The molecule has 2 aromatic rings. The lowest BCUT2D eigenvalue weighted by molar-refractivity contribution is 0.0514. The third kappa shape index (κ3) is 4.61. The lowest BCUT2D eigenvalue weighted by Crippen LogP contribution is -2.47. The van der Waals surface area contributed by atoms with Crippen LogP contribution in [0.5, 0.6) is 0 Å². The summed E-state index contributed by atoms with van der Waals surface area (Å²) in [4.78, 5) is 7.05. The zero-order chi connectivity index (χ0) is 17.5. The van der Waals surface area contributed by atoms with E-state index in [1.807, 2.05) is 18.4 Å². The summed E-state index contributed by atoms with van der Waals surface area (Å²) in [6.07, 6.45) is 2.07. The lowest BCUT2D eigenvalue weighted by atomic mass is 9.74. The maximum absolute atomic E-state index is 5.61. The second kappa shape index (κ2) is 8.50. The van der Waals surface area contributed by atoms with E-state index in [0.717, 1.165) is 45.1 Å². The zero-order valence-corrected chi connectivity index (χ0v) is 15.9. The van der Waals surface area contributed by atoms with Crippen LogP contribution in [0.3, 0.4) is 0 Å². The second-order valence-corrected chi connectivity index (χ2v) is 7.92. The molecule has 1 aromatic heterocycles. The van der Waals surface area contributed by atoms with Gasteiger partial charge in [-0.25, -0.2) is 0 Å². The second-order valence-electron chi connectivity index (χ2n) is 6.55. The molecule has 0 radical (unpaired) electrons. The Morgan fingerprint density at radius 3 is 2.52 bits per heavy atom. The smallest absolute Gasteiger partial charge is 0.191 e. The van der Waals surface area contributed by atoms with E-state index in [4.69, 9.17) is 4.74 Å². The third-order valence-corrected chi connectivity index (χ3v) is 5.88. The summed E-state index contributed by atoms with van der Waals surface area (Å²) in [5, 5.41) is 6.97. The van der Waals surface area contributed by atoms with Gasteiger partial charge in [-0.3, -0.25) is 4.99 Å². The quantitative estimate of drug-likeness (QED) is 0.636. The van der Waals surface area contributed by atoms with Crippen LogP contribution in [-0.2, 0) is 16.7 Å². The van der Waals surface area contributed by atoms with Crippen LogP contribution < -0.4 is 10.6 Å². The fourth-order valence-corrected chi connectivity index (χ4v) is 4.18. The number of hydrogen-bond donors (Lipinski definition) is 2. The number of benzene rings is 1. The highest BCUT2D eigenvalue weighted by atomic mass is 32.1. The van der Waals surface area contributed by atoms with Gasteiger partial charge in [0.2, 0.25) is 0 Å². The van der Waals surface area contributed by atoms with E-state index < -0.39 is 0 Å². The predicted molar refractivity (Wildman–Crippen MR) is 105 cm³/mol. The summed E-state index contributed by atoms with van der Waals surface area (Å²) in [6, 6.07) is 15.1. The molecule has 25 heavy (non-hydrogen) atoms. The first-order valence-electron chi connectivity index (χ1n) is 8.85. The first kappa shape index (κ1) is 18.0. The predicted octanol–water partition coefficient (Wildman–Crippen LogP) is 3.47. The van der Waals surface area contributed by atoms with Gasteiger partial charge in [-0.2, -0.15) is 0 Å². The molecule has 1 saturated heterocycles. The van der Waals surface area contributed by atoms with Crippen molar-refractivity contribution in [2.45, 2.75) is 31.7 Å². The average molecular weight is 358 g/mol. The number of hydrogen-bond acceptors (Lipinski definition) is 3. The Hall–Kier alpha value is -1.85. The van der Waals surface area contributed by atoms with E-state index in [9.17, 15) is 0 Å². The molecule has 0 saturated carbocycles. The molecule has 0 aliphatic carbocycles. The van der Waals surface area contributed by atoms with Crippen molar-refractivity contribution in [3.8, 4) is 0 Å². The van der Waals surface area contributed by atoms with Gasteiger partial charge in [0.1, 0.15) is 0 Å². The van der Waals surface area contributed by atoms with Crippen LogP contribution in [0.4, 0.5) is 0 Å². The van der Waals surface area contributed by atoms with Crippen LogP contribution in [0.25, 0.3) is 0 Å². The first-order valence-corrected chi connectivity index (χ1v) is 9.67. The highest BCUT2D eigenvalue weighted by molar-refractivity contribution is 7.11. The van der Waals surface area contributed by atoms with Crippen molar-refractivity contribution >= 4 is 17.3 Å². The van der Waals surface area contributed by atoms with Gasteiger partial charge in [-0.15, -0.1) is 11.3 Å². The topological polar surface area (TPSA) is 45.7 Å². The van der Waals surface area contributed by atoms with Crippen LogP contribution in [-0.4, -0.2) is 32.8 Å². The summed E-state index contributed by atoms with van der Waals surface area (Å²) >= 11 is 1.82. The van der Waals surface area contributed by atoms with Crippen molar-refractivity contribution in [1.29, 1.82) is 0 Å². The standard InChI is InChI=1S/C20H27N3OS/c1-16-8-9-18(25-16)14-22-19(21-2)23-15-20(10-12-24-13-11-20)17-6-4-3-5-7-17/h3-9H,10-15H2,1-2H3,(H2,21,22,23). The molecule has 2 heterocycles. The minimum Gasteiger partial charge on any atom is -0.381 e. The molecular weight excluding hydrogens is 330 g/mol. The van der Waals surface area contributed by atoms with Crippen molar-refractivity contribution in [1.82, 2.24) is 10.6 Å². The molecule has 1 aliphatic heterocycles. The maximum atomic E-state index is 5.61. The van der Waals surface area contributed by atoms with Crippen molar-refractivity contribution in [2.75, 3.05) is 26.8 Å². The monoisotopic (exact) mass is 357 g/mol. The van der Waals surface area contributed by atoms with E-state index in [0.29, 0.717) is 0 Å². The van der Waals surface area contributed by atoms with Gasteiger partial charge in [-0.05, 0) is 37.5 Å². The number of nitrogens with one attached hydrogen (secondary N) is 2. The minimum atomic E-state index is 0.108. The number of nitrogens with zero attached hydrogens (tertiary/aromatic N) is 1. The van der Waals surface area contributed by atoms with E-state index in [1.165, 1.54) is 15.3 Å². The van der Waals surface area contributed by atoms with E-state index >= 15 is 0 Å². The van der Waals surface area contributed by atoms with Gasteiger partial charge in [-0.1, -0.05) is 30.3 Å². The minimum absolute atomic E-state index is 0.108. The zero-order valence-electron chi connectivity index (χ0n) is 15.0. The molecule has 1 aromatic carbocycles. The highest BCUT2D eigenvalue weighted by Gasteiger charge is 2.34. The summed E-state index contributed by atoms with van der Waals surface area (Å²) in [5.74, 6) is 0.854. The number of aliphatic imine (C=N–C) groups is 1. The Morgan fingerprint density at radius 1 is 1.12 bits per heavy atom. The maximum Gasteiger partial charge on any atom is 0.191 e. The Morgan fingerprint density at radius 2 is 1.88 bits per heavy atom. The fourth-order valence-electron chi connectivity index (χ4n) is 3.35. The molecule has 4 nitrogen and oxygen atoms in total. The van der Waals surface area contributed by atoms with E-state index in [1.54, 1.807) is 0 Å². The largest absolute Gasteiger partial charge is 0.381 e. The van der Waals surface area contributed by atoms with Crippen molar-refractivity contribution < 1.29 is 4.74 Å². The number of rotatable bonds is 5. The molecular formula is C20H27N3OS. The van der Waals surface area contributed by atoms with Crippen LogP contribution >= 0.6 is 11.3 Å². The highest BCUT2D eigenvalue weighted by Crippen LogP contribution is 2.34. The van der Waals surface area contributed by atoms with Crippen molar-refractivity contribution in [2.24, 2.45) is 4.99 Å². The third-order valence-electron chi connectivity index (χ3n) is 4.88. The number of thiophene rings is 1. The molecule has 134 valence electrons. The number of aryl methyl sites for hydroxylation is 1. The summed E-state index contributed by atoms with van der Waals surface area (Å²) < 4.78 is 5.61. The number of guanidine groups is 1. The molecule has 1 aliphatic rings. The van der Waals surface area contributed by atoms with Gasteiger partial charge >= 0.3 is 0 Å². The van der Waals surface area contributed by atoms with E-state index in [2.05, 4.69) is 65.0 Å². The van der Waals surface area contributed by atoms with Crippen LogP contribution in [0.15, 0.2) is 47.5 Å². The lowest BCUT2D eigenvalue weighted by Gasteiger charge is -2.38. The Bertz CT molecular complexity index is 690. The summed E-state index contributed by atoms with van der Waals surface area (Å²) in [6.45, 7) is 5.44. The summed E-state index contributed by atoms with van der Waals surface area (Å²) in [7, 11) is 1.83. The molecule has 0 bridgehead atoms. The molecule has 0 unspecified atom stereocenters.